The summed E-state index contributed by atoms with van der Waals surface area (Å²) in [5, 5.41) is 18.9. The highest BCUT2D eigenvalue weighted by Crippen LogP contribution is 2.55. The third-order valence-electron chi connectivity index (χ3n) is 8.69. The Morgan fingerprint density at radius 3 is 2.67 bits per heavy atom. The molecule has 2 saturated heterocycles. The molecule has 3 fully saturated rings. The van der Waals surface area contributed by atoms with E-state index in [4.69, 9.17) is 19.6 Å². The molecule has 3 heterocycles. The Morgan fingerprint density at radius 1 is 1.20 bits per heavy atom. The quantitative estimate of drug-likeness (QED) is 0.460. The van der Waals surface area contributed by atoms with E-state index in [1.165, 1.54) is 26.0 Å². The van der Waals surface area contributed by atoms with Crippen molar-refractivity contribution in [2.24, 2.45) is 10.6 Å². The van der Waals surface area contributed by atoms with Crippen LogP contribution in [0.15, 0.2) is 36.5 Å². The Morgan fingerprint density at radius 2 is 1.98 bits per heavy atom. The van der Waals surface area contributed by atoms with Crippen LogP contribution in [0.2, 0.25) is 0 Å². The number of hydrogen-bond donors (Lipinski definition) is 2. The Hall–Kier alpha value is -3.21. The van der Waals surface area contributed by atoms with E-state index in [2.05, 4.69) is 10.3 Å². The monoisotopic (exact) mass is 566 g/mol. The number of aromatic nitrogens is 2. The molecule has 0 radical (unpaired) electrons. The molecule has 1 saturated carbocycles. The largest absolute Gasteiger partial charge is 0.453 e. The minimum Gasteiger partial charge on any atom is -0.453 e. The first kappa shape index (κ1) is 27.0. The lowest BCUT2D eigenvalue weighted by molar-refractivity contribution is 0.0586. The summed E-state index contributed by atoms with van der Waals surface area (Å²) < 4.78 is 52.2. The molecule has 2 atom stereocenters. The molecule has 210 valence electrons. The van der Waals surface area contributed by atoms with E-state index in [0.29, 0.717) is 28.8 Å². The average Bonchev–Trinajstić information content (AvgIpc) is 3.37. The Bertz CT molecular complexity index is 1600. The number of piperidine rings is 1. The topological polar surface area (TPSA) is 143 Å². The van der Waals surface area contributed by atoms with Gasteiger partial charge in [-0.15, -0.1) is 0 Å². The van der Waals surface area contributed by atoms with Crippen molar-refractivity contribution in [2.75, 3.05) is 26.7 Å². The van der Waals surface area contributed by atoms with Gasteiger partial charge in [-0.25, -0.2) is 14.5 Å². The predicted molar refractivity (Wildman–Crippen MR) is 145 cm³/mol. The number of methoxy groups -OCH3 is 1. The van der Waals surface area contributed by atoms with Crippen molar-refractivity contribution in [1.82, 2.24) is 19.6 Å². The minimum absolute atomic E-state index is 0.116. The molecule has 3 aliphatic rings. The van der Waals surface area contributed by atoms with Gasteiger partial charge < -0.3 is 14.8 Å². The molecular formula is C28H31FN6O4S. The zero-order valence-corrected chi connectivity index (χ0v) is 23.0. The number of halogens is 1. The maximum absolute atomic E-state index is 15.1. The zero-order chi connectivity index (χ0) is 28.1. The van der Waals surface area contributed by atoms with Gasteiger partial charge in [0, 0.05) is 31.8 Å². The summed E-state index contributed by atoms with van der Waals surface area (Å²) in [6.07, 6.45) is 6.24. The Labute approximate surface area is 232 Å². The molecule has 1 spiro atoms. The number of rotatable bonds is 6. The Balaban J connectivity index is 1.31. The van der Waals surface area contributed by atoms with Crippen LogP contribution < -0.4 is 15.2 Å². The van der Waals surface area contributed by atoms with E-state index in [0.717, 1.165) is 42.0 Å². The van der Waals surface area contributed by atoms with Crippen LogP contribution in [0.5, 0.6) is 11.5 Å². The number of benzene rings is 2. The first-order chi connectivity index (χ1) is 19.2. The maximum atomic E-state index is 15.1. The van der Waals surface area contributed by atoms with Crippen molar-refractivity contribution >= 4 is 21.2 Å². The number of nitrogens with two attached hydrogens (primary N) is 1. The molecule has 6 rings (SSSR count). The molecule has 2 aromatic carbocycles. The molecule has 1 aromatic heterocycles. The highest BCUT2D eigenvalue weighted by Gasteiger charge is 2.46. The lowest BCUT2D eigenvalue weighted by Gasteiger charge is -2.50. The number of hydrogen-bond acceptors (Lipinski definition) is 8. The normalized spacial score (nSPS) is 23.2. The van der Waals surface area contributed by atoms with E-state index in [9.17, 15) is 13.7 Å². The smallest absolute Gasteiger partial charge is 0.277 e. The maximum Gasteiger partial charge on any atom is 0.277 e. The number of ether oxygens (including phenoxy) is 2. The lowest BCUT2D eigenvalue weighted by atomic mass is 9.57. The van der Waals surface area contributed by atoms with Gasteiger partial charge in [-0.2, -0.15) is 18.0 Å². The fraction of sp³-hybridized carbons (Fsp3) is 0.464. The van der Waals surface area contributed by atoms with Gasteiger partial charge in [-0.3, -0.25) is 4.98 Å². The number of fused-ring (bicyclic) bond motifs is 1. The fourth-order valence-electron chi connectivity index (χ4n) is 6.60. The minimum atomic E-state index is -4.10. The molecule has 1 aliphatic carbocycles. The summed E-state index contributed by atoms with van der Waals surface area (Å²) in [6.45, 7) is 2.24. The van der Waals surface area contributed by atoms with Crippen LogP contribution in [-0.4, -0.2) is 55.5 Å². The first-order valence-corrected chi connectivity index (χ1v) is 14.9. The molecule has 0 amide bonds. The summed E-state index contributed by atoms with van der Waals surface area (Å²) >= 11 is 0. The van der Waals surface area contributed by atoms with Gasteiger partial charge >= 0.3 is 0 Å². The molecule has 2 unspecified atom stereocenters. The van der Waals surface area contributed by atoms with E-state index >= 15 is 4.39 Å². The summed E-state index contributed by atoms with van der Waals surface area (Å²) in [5.41, 5.74) is 2.79. The first-order valence-electron chi connectivity index (χ1n) is 13.4. The van der Waals surface area contributed by atoms with Gasteiger partial charge in [0.15, 0.2) is 11.6 Å². The van der Waals surface area contributed by atoms with Crippen molar-refractivity contribution in [3.05, 3.63) is 59.2 Å². The number of nitriles is 1. The van der Waals surface area contributed by atoms with Crippen LogP contribution in [0.25, 0.3) is 11.0 Å². The van der Waals surface area contributed by atoms with Crippen LogP contribution in [-0.2, 0) is 14.9 Å². The zero-order valence-electron chi connectivity index (χ0n) is 22.1. The van der Waals surface area contributed by atoms with Gasteiger partial charge in [0.1, 0.15) is 17.4 Å². The van der Waals surface area contributed by atoms with E-state index in [-0.39, 0.29) is 29.2 Å². The highest BCUT2D eigenvalue weighted by atomic mass is 32.2. The molecule has 3 aromatic rings. The van der Waals surface area contributed by atoms with Crippen molar-refractivity contribution < 1.29 is 22.3 Å². The summed E-state index contributed by atoms with van der Waals surface area (Å²) in [5.74, 6) is -0.406. The van der Waals surface area contributed by atoms with E-state index in [1.807, 2.05) is 12.3 Å². The van der Waals surface area contributed by atoms with Gasteiger partial charge in [-0.1, -0.05) is 6.07 Å². The third-order valence-corrected chi connectivity index (χ3v) is 9.76. The summed E-state index contributed by atoms with van der Waals surface area (Å²) in [6, 6.07) is 8.72. The Kier molecular flexibility index (Phi) is 6.96. The van der Waals surface area contributed by atoms with Crippen molar-refractivity contribution in [3.63, 3.8) is 0 Å². The second-order valence-corrected chi connectivity index (χ2v) is 12.5. The molecule has 40 heavy (non-hydrogen) atoms. The SMILES string of the molecule is COC1CCN(S(N)(=O)=O)C1c1ccc(F)c(Oc2ccc3ncc(C4CC5(CCNCC5)C4)nc3c2)c1C#N. The van der Waals surface area contributed by atoms with Crippen LogP contribution in [0, 0.1) is 22.6 Å². The molecular weight excluding hydrogens is 535 g/mol. The molecule has 3 N–H and O–H groups in total. The highest BCUT2D eigenvalue weighted by molar-refractivity contribution is 7.86. The average molecular weight is 567 g/mol. The van der Waals surface area contributed by atoms with Crippen LogP contribution in [0.3, 0.4) is 0 Å². The number of nitrogens with zero attached hydrogens (tertiary/aromatic N) is 4. The fourth-order valence-corrected chi connectivity index (χ4v) is 7.53. The van der Waals surface area contributed by atoms with Crippen molar-refractivity contribution in [1.29, 1.82) is 5.26 Å². The number of nitrogens with one attached hydrogen (secondary N) is 1. The van der Waals surface area contributed by atoms with Gasteiger partial charge in [0.05, 0.1) is 28.9 Å². The summed E-state index contributed by atoms with van der Waals surface area (Å²) in [4.78, 5) is 9.45. The van der Waals surface area contributed by atoms with Crippen LogP contribution in [0.4, 0.5) is 4.39 Å². The molecule has 2 aliphatic heterocycles. The molecule has 10 nitrogen and oxygen atoms in total. The second kappa shape index (κ2) is 10.3. The van der Waals surface area contributed by atoms with E-state index in [1.54, 1.807) is 18.2 Å². The standard InChI is InChI=1S/C28H31FN6O4S/c1-38-25-6-11-35(40(31,36)37)26(25)19-3-4-21(29)27(20(19)15-30)39-18-2-5-22-23(12-18)34-24(16-33-22)17-13-28(14-17)7-9-32-10-8-28/h2-5,12,16-17,25-26,32H,6-11,13-14H2,1H3,(H2,31,36,37). The third kappa shape index (κ3) is 4.82. The predicted octanol–water partition coefficient (Wildman–Crippen LogP) is 3.65. The van der Waals surface area contributed by atoms with Crippen LogP contribution in [0.1, 0.15) is 60.9 Å². The van der Waals surface area contributed by atoms with E-state index < -0.39 is 28.2 Å². The van der Waals surface area contributed by atoms with Crippen molar-refractivity contribution in [2.45, 2.75) is 50.2 Å². The molecule has 12 heteroatoms. The van der Waals surface area contributed by atoms with Gasteiger partial charge in [-0.05, 0) is 74.4 Å². The van der Waals surface area contributed by atoms with Gasteiger partial charge in [0.25, 0.3) is 10.2 Å². The van der Waals surface area contributed by atoms with Crippen molar-refractivity contribution in [3.8, 4) is 17.6 Å². The second-order valence-electron chi connectivity index (χ2n) is 11.0. The van der Waals surface area contributed by atoms with Gasteiger partial charge in [0.2, 0.25) is 0 Å². The lowest BCUT2D eigenvalue weighted by Crippen LogP contribution is -2.44. The van der Waals surface area contributed by atoms with Crippen LogP contribution >= 0.6 is 0 Å². The molecule has 0 bridgehead atoms. The summed E-state index contributed by atoms with van der Waals surface area (Å²) in [7, 11) is -2.65.